The summed E-state index contributed by atoms with van der Waals surface area (Å²) in [6.07, 6.45) is -0.188. The fourth-order valence-electron chi connectivity index (χ4n) is 1.83. The number of carbonyl (C=O) groups excluding carboxylic acids is 1. The molecule has 2 rings (SSSR count). The number of primary sulfonamides is 1. The van der Waals surface area contributed by atoms with E-state index in [0.29, 0.717) is 0 Å². The molecule has 0 radical (unpaired) electrons. The standard InChI is InChI=1S/C10H10ClFN2O3S/c11-8-3-6(12)1-2-9(8)14-5-7(4-10(14)15)18(13,16)17/h1-3,7H,4-5H2,(H2,13,16,17). The molecule has 1 aromatic rings. The third kappa shape index (κ3) is 2.47. The molecule has 2 N–H and O–H groups in total. The molecule has 1 unspecified atom stereocenters. The van der Waals surface area contributed by atoms with Crippen molar-refractivity contribution in [1.82, 2.24) is 0 Å². The van der Waals surface area contributed by atoms with Crippen molar-refractivity contribution in [1.29, 1.82) is 0 Å². The quantitative estimate of drug-likeness (QED) is 0.878. The molecule has 0 aromatic heterocycles. The number of amides is 1. The normalized spacial score (nSPS) is 20.5. The summed E-state index contributed by atoms with van der Waals surface area (Å²) in [6.45, 7) is -0.0664. The number of hydrogen-bond acceptors (Lipinski definition) is 3. The van der Waals surface area contributed by atoms with Gasteiger partial charge in [-0.15, -0.1) is 0 Å². The van der Waals surface area contributed by atoms with Crippen molar-refractivity contribution in [2.45, 2.75) is 11.7 Å². The van der Waals surface area contributed by atoms with Gasteiger partial charge in [0, 0.05) is 13.0 Å². The molecule has 1 fully saturated rings. The van der Waals surface area contributed by atoms with E-state index in [0.717, 1.165) is 12.1 Å². The van der Waals surface area contributed by atoms with Gasteiger partial charge in [-0.3, -0.25) is 4.79 Å². The van der Waals surface area contributed by atoms with Crippen LogP contribution in [0.3, 0.4) is 0 Å². The predicted octanol–water partition coefficient (Wildman–Crippen LogP) is 0.873. The highest BCUT2D eigenvalue weighted by atomic mass is 35.5. The van der Waals surface area contributed by atoms with E-state index in [9.17, 15) is 17.6 Å². The number of nitrogens with two attached hydrogens (primary N) is 1. The molecule has 1 aromatic carbocycles. The Kier molecular flexibility index (Phi) is 3.31. The Morgan fingerprint density at radius 2 is 2.11 bits per heavy atom. The SMILES string of the molecule is NS(=O)(=O)C1CC(=O)N(c2ccc(F)cc2Cl)C1. The van der Waals surface area contributed by atoms with Gasteiger partial charge in [0.25, 0.3) is 0 Å². The van der Waals surface area contributed by atoms with Crippen LogP contribution in [0.2, 0.25) is 5.02 Å². The summed E-state index contributed by atoms with van der Waals surface area (Å²) < 4.78 is 35.3. The zero-order chi connectivity index (χ0) is 13.5. The van der Waals surface area contributed by atoms with E-state index < -0.39 is 27.0 Å². The van der Waals surface area contributed by atoms with E-state index in [4.69, 9.17) is 16.7 Å². The molecule has 1 heterocycles. The molecule has 98 valence electrons. The fourth-order valence-corrected chi connectivity index (χ4v) is 2.83. The first-order valence-corrected chi connectivity index (χ1v) is 7.05. The summed E-state index contributed by atoms with van der Waals surface area (Å²) in [5.74, 6) is -0.930. The lowest BCUT2D eigenvalue weighted by atomic mass is 10.3. The molecule has 18 heavy (non-hydrogen) atoms. The van der Waals surface area contributed by atoms with Gasteiger partial charge in [0.2, 0.25) is 15.9 Å². The van der Waals surface area contributed by atoms with Crippen LogP contribution in [-0.2, 0) is 14.8 Å². The van der Waals surface area contributed by atoms with Crippen molar-refractivity contribution in [2.24, 2.45) is 5.14 Å². The van der Waals surface area contributed by atoms with Crippen LogP contribution in [0, 0.1) is 5.82 Å². The molecule has 1 atom stereocenters. The van der Waals surface area contributed by atoms with Gasteiger partial charge < -0.3 is 4.90 Å². The van der Waals surface area contributed by atoms with Crippen LogP contribution in [0.5, 0.6) is 0 Å². The van der Waals surface area contributed by atoms with E-state index in [-0.39, 0.29) is 23.7 Å². The number of anilines is 1. The van der Waals surface area contributed by atoms with Crippen molar-refractivity contribution in [3.63, 3.8) is 0 Å². The highest BCUT2D eigenvalue weighted by Crippen LogP contribution is 2.31. The maximum Gasteiger partial charge on any atom is 0.228 e. The molecule has 1 amide bonds. The van der Waals surface area contributed by atoms with Gasteiger partial charge >= 0.3 is 0 Å². The smallest absolute Gasteiger partial charge is 0.228 e. The second-order valence-electron chi connectivity index (χ2n) is 4.02. The number of rotatable bonds is 2. The van der Waals surface area contributed by atoms with Crippen LogP contribution in [-0.4, -0.2) is 26.1 Å². The Morgan fingerprint density at radius 1 is 1.44 bits per heavy atom. The van der Waals surface area contributed by atoms with Gasteiger partial charge in [0.1, 0.15) is 11.1 Å². The van der Waals surface area contributed by atoms with E-state index >= 15 is 0 Å². The van der Waals surface area contributed by atoms with Gasteiger partial charge in [-0.2, -0.15) is 0 Å². The zero-order valence-electron chi connectivity index (χ0n) is 9.14. The molecule has 8 heteroatoms. The number of carbonyl (C=O) groups is 1. The van der Waals surface area contributed by atoms with Gasteiger partial charge in [-0.1, -0.05) is 11.6 Å². The van der Waals surface area contributed by atoms with Crippen LogP contribution in [0.25, 0.3) is 0 Å². The predicted molar refractivity (Wildman–Crippen MR) is 65.3 cm³/mol. The largest absolute Gasteiger partial charge is 0.310 e. The third-order valence-corrected chi connectivity index (χ3v) is 4.30. The fraction of sp³-hybridized carbons (Fsp3) is 0.300. The molecular formula is C10H10ClFN2O3S. The van der Waals surface area contributed by atoms with Crippen molar-refractivity contribution >= 4 is 33.2 Å². The van der Waals surface area contributed by atoms with Crippen LogP contribution in [0.1, 0.15) is 6.42 Å². The molecule has 1 aliphatic heterocycles. The van der Waals surface area contributed by atoms with E-state index in [2.05, 4.69) is 0 Å². The Morgan fingerprint density at radius 3 is 2.61 bits per heavy atom. The molecule has 1 saturated heterocycles. The summed E-state index contributed by atoms with van der Waals surface area (Å²) in [6, 6.07) is 3.55. The van der Waals surface area contributed by atoms with Gasteiger partial charge in [-0.25, -0.2) is 17.9 Å². The maximum atomic E-state index is 12.9. The van der Waals surface area contributed by atoms with Crippen LogP contribution in [0.15, 0.2) is 18.2 Å². The van der Waals surface area contributed by atoms with Gasteiger partial charge in [-0.05, 0) is 18.2 Å². The van der Waals surface area contributed by atoms with Gasteiger partial charge in [0.05, 0.1) is 10.7 Å². The summed E-state index contributed by atoms with van der Waals surface area (Å²) in [7, 11) is -3.78. The minimum atomic E-state index is -3.78. The molecule has 0 bridgehead atoms. The molecule has 1 aliphatic rings. The summed E-state index contributed by atoms with van der Waals surface area (Å²) in [5, 5.41) is 4.11. The molecule has 5 nitrogen and oxygen atoms in total. The number of benzene rings is 1. The lowest BCUT2D eigenvalue weighted by Gasteiger charge is -2.17. The van der Waals surface area contributed by atoms with Crippen LogP contribution >= 0.6 is 11.6 Å². The van der Waals surface area contributed by atoms with Crippen molar-refractivity contribution < 1.29 is 17.6 Å². The Balaban J connectivity index is 2.33. The number of halogens is 2. The van der Waals surface area contributed by atoms with Crippen LogP contribution in [0.4, 0.5) is 10.1 Å². The average Bonchev–Trinajstić information content (AvgIpc) is 2.60. The molecular weight excluding hydrogens is 283 g/mol. The number of hydrogen-bond donors (Lipinski definition) is 1. The Hall–Kier alpha value is -1.18. The van der Waals surface area contributed by atoms with E-state index in [1.165, 1.54) is 11.0 Å². The lowest BCUT2D eigenvalue weighted by Crippen LogP contribution is -2.32. The number of sulfonamides is 1. The topological polar surface area (TPSA) is 80.5 Å². The van der Waals surface area contributed by atoms with Crippen LogP contribution < -0.4 is 10.0 Å². The second-order valence-corrected chi connectivity index (χ2v) is 6.27. The van der Waals surface area contributed by atoms with Crippen molar-refractivity contribution in [3.8, 4) is 0 Å². The minimum absolute atomic E-state index is 0.0541. The number of nitrogens with zero attached hydrogens (tertiary/aromatic N) is 1. The zero-order valence-corrected chi connectivity index (χ0v) is 10.7. The highest BCUT2D eigenvalue weighted by Gasteiger charge is 2.37. The minimum Gasteiger partial charge on any atom is -0.310 e. The second kappa shape index (κ2) is 4.49. The first-order chi connectivity index (χ1) is 8.29. The van der Waals surface area contributed by atoms with Crippen molar-refractivity contribution in [2.75, 3.05) is 11.4 Å². The Labute approximate surface area is 108 Å². The van der Waals surface area contributed by atoms with E-state index in [1.807, 2.05) is 0 Å². The molecule has 0 spiro atoms. The average molecular weight is 293 g/mol. The first-order valence-electron chi connectivity index (χ1n) is 5.06. The monoisotopic (exact) mass is 292 g/mol. The highest BCUT2D eigenvalue weighted by molar-refractivity contribution is 7.89. The summed E-state index contributed by atoms with van der Waals surface area (Å²) in [4.78, 5) is 12.9. The summed E-state index contributed by atoms with van der Waals surface area (Å²) >= 11 is 5.82. The lowest BCUT2D eigenvalue weighted by molar-refractivity contribution is -0.117. The van der Waals surface area contributed by atoms with E-state index in [1.54, 1.807) is 0 Å². The Bertz CT molecular complexity index is 605. The van der Waals surface area contributed by atoms with Crippen molar-refractivity contribution in [3.05, 3.63) is 29.0 Å². The first kappa shape index (κ1) is 13.3. The molecule has 0 saturated carbocycles. The maximum absolute atomic E-state index is 12.9. The molecule has 0 aliphatic carbocycles. The third-order valence-electron chi connectivity index (χ3n) is 2.75. The summed E-state index contributed by atoms with van der Waals surface area (Å²) in [5.41, 5.74) is 0.286. The van der Waals surface area contributed by atoms with Gasteiger partial charge in [0.15, 0.2) is 0 Å².